The molecule has 1 aliphatic rings. The Morgan fingerprint density at radius 3 is 2.59 bits per heavy atom. The minimum absolute atomic E-state index is 0.0508. The number of hydrogen-bond donors (Lipinski definition) is 2. The second-order valence-corrected chi connectivity index (χ2v) is 7.21. The van der Waals surface area contributed by atoms with E-state index in [0.29, 0.717) is 37.1 Å². The van der Waals surface area contributed by atoms with Crippen LogP contribution in [-0.4, -0.2) is 62.1 Å². The number of carbonyl (C=O) groups is 2. The molecule has 2 aromatic rings. The lowest BCUT2D eigenvalue weighted by atomic mass is 10.1. The number of morpholine rings is 1. The fourth-order valence-corrected chi connectivity index (χ4v) is 3.57. The first kappa shape index (κ1) is 20.5. The van der Waals surface area contributed by atoms with Crippen molar-refractivity contribution in [1.29, 1.82) is 0 Å². The largest absolute Gasteiger partial charge is 0.378 e. The van der Waals surface area contributed by atoms with Crippen LogP contribution in [0.1, 0.15) is 20.8 Å². The van der Waals surface area contributed by atoms with E-state index in [0.717, 1.165) is 6.07 Å². The summed E-state index contributed by atoms with van der Waals surface area (Å²) in [5.74, 6) is -1.25. The lowest BCUT2D eigenvalue weighted by Crippen LogP contribution is -2.42. The number of nitro benzene ring substituents is 1. The predicted molar refractivity (Wildman–Crippen MR) is 108 cm³/mol. The van der Waals surface area contributed by atoms with Crippen molar-refractivity contribution in [2.75, 3.05) is 50.2 Å². The van der Waals surface area contributed by atoms with E-state index < -0.39 is 16.7 Å². The van der Waals surface area contributed by atoms with Gasteiger partial charge in [-0.3, -0.25) is 30.6 Å². The highest BCUT2D eigenvalue weighted by molar-refractivity contribution is 7.13. The summed E-state index contributed by atoms with van der Waals surface area (Å²) in [6.45, 7) is 2.62. The van der Waals surface area contributed by atoms with Gasteiger partial charge in [0.15, 0.2) is 5.13 Å². The summed E-state index contributed by atoms with van der Waals surface area (Å²) in [6, 6.07) is 4.09. The van der Waals surface area contributed by atoms with Crippen LogP contribution in [0, 0.1) is 10.1 Å². The number of hydrogen-bond acceptors (Lipinski definition) is 9. The van der Waals surface area contributed by atoms with Crippen molar-refractivity contribution in [3.63, 3.8) is 0 Å². The van der Waals surface area contributed by atoms with E-state index in [4.69, 9.17) is 4.74 Å². The molecule has 2 amide bonds. The fraction of sp³-hybridized carbons (Fsp3) is 0.353. The van der Waals surface area contributed by atoms with Crippen molar-refractivity contribution in [2.24, 2.45) is 0 Å². The quantitative estimate of drug-likeness (QED) is 0.542. The monoisotopic (exact) mass is 420 g/mol. The highest BCUT2D eigenvalue weighted by Crippen LogP contribution is 2.27. The Labute approximate surface area is 170 Å². The summed E-state index contributed by atoms with van der Waals surface area (Å²) < 4.78 is 5.29. The number of hydrazine groups is 1. The van der Waals surface area contributed by atoms with E-state index in [1.807, 2.05) is 4.90 Å². The first-order chi connectivity index (χ1) is 13.9. The van der Waals surface area contributed by atoms with Crippen LogP contribution < -0.4 is 20.7 Å². The van der Waals surface area contributed by atoms with Crippen LogP contribution in [-0.2, 0) is 4.74 Å². The lowest BCUT2D eigenvalue weighted by molar-refractivity contribution is -0.384. The van der Waals surface area contributed by atoms with Gasteiger partial charge in [0.25, 0.3) is 17.5 Å². The highest BCUT2D eigenvalue weighted by atomic mass is 32.1. The molecular formula is C17H20N6O5S. The number of thiazole rings is 1. The van der Waals surface area contributed by atoms with Gasteiger partial charge in [-0.25, -0.2) is 4.98 Å². The molecule has 11 nitrogen and oxygen atoms in total. The zero-order chi connectivity index (χ0) is 21.0. The molecular weight excluding hydrogens is 400 g/mol. The minimum atomic E-state index is -0.671. The number of amides is 2. The zero-order valence-electron chi connectivity index (χ0n) is 15.9. The normalized spacial score (nSPS) is 13.7. The summed E-state index contributed by atoms with van der Waals surface area (Å²) in [4.78, 5) is 43.1. The van der Waals surface area contributed by atoms with Gasteiger partial charge in [0, 0.05) is 44.2 Å². The average Bonchev–Trinajstić information content (AvgIpc) is 3.22. The van der Waals surface area contributed by atoms with Gasteiger partial charge in [-0.05, 0) is 12.1 Å². The number of benzene rings is 1. The molecule has 0 atom stereocenters. The number of rotatable bonds is 5. The summed E-state index contributed by atoms with van der Waals surface area (Å²) in [5.41, 5.74) is 4.93. The maximum absolute atomic E-state index is 12.3. The summed E-state index contributed by atoms with van der Waals surface area (Å²) >= 11 is 1.33. The molecule has 3 rings (SSSR count). The van der Waals surface area contributed by atoms with E-state index in [9.17, 15) is 19.7 Å². The van der Waals surface area contributed by atoms with Crippen molar-refractivity contribution in [2.45, 2.75) is 0 Å². The van der Waals surface area contributed by atoms with Crippen LogP contribution in [0.4, 0.5) is 16.5 Å². The van der Waals surface area contributed by atoms with E-state index in [2.05, 4.69) is 15.8 Å². The van der Waals surface area contributed by atoms with Crippen molar-refractivity contribution in [1.82, 2.24) is 15.8 Å². The number of nitro groups is 1. The Morgan fingerprint density at radius 1 is 1.24 bits per heavy atom. The van der Waals surface area contributed by atoms with Crippen LogP contribution >= 0.6 is 11.3 Å². The third-order valence-corrected chi connectivity index (χ3v) is 5.11. The highest BCUT2D eigenvalue weighted by Gasteiger charge is 2.20. The van der Waals surface area contributed by atoms with E-state index in [1.165, 1.54) is 23.5 Å². The molecule has 12 heteroatoms. The number of ether oxygens (including phenoxy) is 1. The minimum Gasteiger partial charge on any atom is -0.378 e. The second kappa shape index (κ2) is 8.84. The van der Waals surface area contributed by atoms with Crippen molar-refractivity contribution in [3.05, 3.63) is 45.0 Å². The fourth-order valence-electron chi connectivity index (χ4n) is 2.71. The molecule has 1 aromatic heterocycles. The Morgan fingerprint density at radius 2 is 1.93 bits per heavy atom. The SMILES string of the molecule is CN(C)c1ccc(C(=O)NNC(=O)c2csc(N3CCOCC3)n2)cc1[N+](=O)[O-]. The van der Waals surface area contributed by atoms with Crippen LogP contribution in [0.15, 0.2) is 23.6 Å². The maximum Gasteiger partial charge on any atom is 0.293 e. The number of nitrogens with one attached hydrogen (secondary N) is 2. The number of anilines is 2. The molecule has 2 N–H and O–H groups in total. The summed E-state index contributed by atoms with van der Waals surface area (Å²) in [5, 5.41) is 13.6. The van der Waals surface area contributed by atoms with Gasteiger partial charge >= 0.3 is 0 Å². The predicted octanol–water partition coefficient (Wildman–Crippen LogP) is 1.03. The molecule has 154 valence electrons. The smallest absolute Gasteiger partial charge is 0.293 e. The number of carbonyl (C=O) groups excluding carboxylic acids is 2. The zero-order valence-corrected chi connectivity index (χ0v) is 16.7. The molecule has 0 spiro atoms. The van der Waals surface area contributed by atoms with Gasteiger partial charge in [0.05, 0.1) is 18.1 Å². The molecule has 1 aromatic carbocycles. The molecule has 2 heterocycles. The Balaban J connectivity index is 1.63. The first-order valence-corrected chi connectivity index (χ1v) is 9.59. The maximum atomic E-state index is 12.3. The first-order valence-electron chi connectivity index (χ1n) is 8.71. The molecule has 29 heavy (non-hydrogen) atoms. The third-order valence-electron chi connectivity index (χ3n) is 4.21. The Kier molecular flexibility index (Phi) is 6.24. The van der Waals surface area contributed by atoms with Gasteiger partial charge in [0.2, 0.25) is 0 Å². The van der Waals surface area contributed by atoms with Crippen LogP contribution in [0.5, 0.6) is 0 Å². The molecule has 0 unspecified atom stereocenters. The van der Waals surface area contributed by atoms with E-state index in [1.54, 1.807) is 24.4 Å². The van der Waals surface area contributed by atoms with Gasteiger partial charge in [-0.1, -0.05) is 0 Å². The second-order valence-electron chi connectivity index (χ2n) is 6.38. The van der Waals surface area contributed by atoms with Crippen molar-refractivity contribution < 1.29 is 19.2 Å². The van der Waals surface area contributed by atoms with Gasteiger partial charge in [-0.15, -0.1) is 11.3 Å². The average molecular weight is 420 g/mol. The Bertz CT molecular complexity index is 925. The van der Waals surface area contributed by atoms with Gasteiger partial charge in [0.1, 0.15) is 11.4 Å². The molecule has 1 saturated heterocycles. The molecule has 1 fully saturated rings. The molecule has 1 aliphatic heterocycles. The number of aromatic nitrogens is 1. The summed E-state index contributed by atoms with van der Waals surface area (Å²) in [6.07, 6.45) is 0. The Hall–Kier alpha value is -3.25. The van der Waals surface area contributed by atoms with Crippen LogP contribution in [0.3, 0.4) is 0 Å². The van der Waals surface area contributed by atoms with E-state index in [-0.39, 0.29) is 16.9 Å². The topological polar surface area (TPSA) is 130 Å². The third kappa shape index (κ3) is 4.78. The van der Waals surface area contributed by atoms with Crippen molar-refractivity contribution >= 4 is 39.7 Å². The van der Waals surface area contributed by atoms with Crippen LogP contribution in [0.25, 0.3) is 0 Å². The number of nitrogens with zero attached hydrogens (tertiary/aromatic N) is 4. The molecule has 0 saturated carbocycles. The van der Waals surface area contributed by atoms with Gasteiger partial charge < -0.3 is 14.5 Å². The van der Waals surface area contributed by atoms with Gasteiger partial charge in [-0.2, -0.15) is 0 Å². The van der Waals surface area contributed by atoms with Crippen molar-refractivity contribution in [3.8, 4) is 0 Å². The van der Waals surface area contributed by atoms with E-state index >= 15 is 0 Å². The summed E-state index contributed by atoms with van der Waals surface area (Å²) in [7, 11) is 3.34. The molecule has 0 bridgehead atoms. The standard InChI is InChI=1S/C17H20N6O5S/c1-21(2)13-4-3-11(9-14(13)23(26)27)15(24)19-20-16(25)12-10-29-17(18-12)22-5-7-28-8-6-22/h3-4,9-10H,5-8H2,1-2H3,(H,19,24)(H,20,25). The lowest BCUT2D eigenvalue weighted by Gasteiger charge is -2.25. The van der Waals surface area contributed by atoms with Crippen LogP contribution in [0.2, 0.25) is 0 Å². The molecule has 0 radical (unpaired) electrons. The molecule has 0 aliphatic carbocycles.